The first kappa shape index (κ1) is 18.3. The number of hydrogen-bond donors (Lipinski definition) is 1. The van der Waals surface area contributed by atoms with Gasteiger partial charge in [0.05, 0.1) is 0 Å². The van der Waals surface area contributed by atoms with Crippen molar-refractivity contribution in [2.75, 3.05) is 41.5 Å². The topological polar surface area (TPSA) is 21.8 Å². The summed E-state index contributed by atoms with van der Waals surface area (Å²) >= 11 is 13.3. The van der Waals surface area contributed by atoms with Crippen molar-refractivity contribution in [3.8, 4) is 0 Å². The fourth-order valence-corrected chi connectivity index (χ4v) is 9.43. The first-order valence-electron chi connectivity index (χ1n) is 6.69. The van der Waals surface area contributed by atoms with Crippen LogP contribution in [0.5, 0.6) is 0 Å². The second kappa shape index (κ2) is 7.03. The van der Waals surface area contributed by atoms with Gasteiger partial charge in [-0.2, -0.15) is 0 Å². The third kappa shape index (κ3) is 3.38. The summed E-state index contributed by atoms with van der Waals surface area (Å²) in [6.07, 6.45) is 5.80. The number of nitrogens with one attached hydrogen (secondary N) is 1. The number of rotatable bonds is 7. The first-order chi connectivity index (χ1) is 8.76. The zero-order valence-electron chi connectivity index (χ0n) is 12.7. The molecule has 0 spiro atoms. The molecule has 1 atom stereocenters. The van der Waals surface area contributed by atoms with E-state index in [1.807, 2.05) is 0 Å². The Morgan fingerprint density at radius 3 is 1.95 bits per heavy atom. The molecular formula is C11H28Cl2N4P2. The van der Waals surface area contributed by atoms with Crippen LogP contribution < -0.4 is 5.09 Å². The summed E-state index contributed by atoms with van der Waals surface area (Å²) in [6, 6.07) is 0.501. The van der Waals surface area contributed by atoms with Gasteiger partial charge in [0.15, 0.2) is 0 Å². The molecular weight excluding hydrogens is 321 g/mol. The van der Waals surface area contributed by atoms with E-state index >= 15 is 0 Å². The van der Waals surface area contributed by atoms with E-state index in [1.165, 1.54) is 25.7 Å². The van der Waals surface area contributed by atoms with E-state index in [4.69, 9.17) is 22.5 Å². The van der Waals surface area contributed by atoms with Crippen LogP contribution in [-0.2, 0) is 0 Å². The average Bonchev–Trinajstić information content (AvgIpc) is 2.81. The Labute approximate surface area is 129 Å². The van der Waals surface area contributed by atoms with Crippen molar-refractivity contribution in [2.45, 2.75) is 31.7 Å². The molecule has 0 bridgehead atoms. The van der Waals surface area contributed by atoms with Crippen molar-refractivity contribution in [2.24, 2.45) is 0 Å². The van der Waals surface area contributed by atoms with Crippen LogP contribution >= 0.6 is 37.0 Å². The van der Waals surface area contributed by atoms with Gasteiger partial charge in [-0.15, -0.1) is 0 Å². The van der Waals surface area contributed by atoms with E-state index in [0.717, 1.165) is 6.29 Å². The zero-order valence-corrected chi connectivity index (χ0v) is 16.1. The molecule has 1 saturated carbocycles. The minimum absolute atomic E-state index is 0.344. The molecule has 0 aliphatic heterocycles. The van der Waals surface area contributed by atoms with Crippen LogP contribution in [0.3, 0.4) is 0 Å². The SMILES string of the molecule is CN(C)P(Cl)(NC1CCCC1)(N(C)C)N(C)CPCl. The van der Waals surface area contributed by atoms with Crippen molar-refractivity contribution in [1.82, 2.24) is 19.1 Å². The van der Waals surface area contributed by atoms with Gasteiger partial charge in [-0.25, -0.2) is 0 Å². The number of nitrogens with zero attached hydrogens (tertiary/aromatic N) is 3. The molecule has 1 rings (SSSR count). The first-order valence-corrected chi connectivity index (χ1v) is 11.9. The fraction of sp³-hybridized carbons (Fsp3) is 1.00. The molecule has 0 saturated heterocycles. The van der Waals surface area contributed by atoms with Crippen LogP contribution in [0.4, 0.5) is 0 Å². The molecule has 116 valence electrons. The van der Waals surface area contributed by atoms with Gasteiger partial charge in [-0.3, -0.25) is 0 Å². The maximum atomic E-state index is 7.32. The molecule has 8 heteroatoms. The van der Waals surface area contributed by atoms with Gasteiger partial charge >= 0.3 is 129 Å². The third-order valence-corrected chi connectivity index (χ3v) is 13.2. The van der Waals surface area contributed by atoms with Gasteiger partial charge in [-0.05, 0) is 0 Å². The van der Waals surface area contributed by atoms with Crippen molar-refractivity contribution in [3.05, 3.63) is 0 Å². The fourth-order valence-electron chi connectivity index (χ4n) is 2.88. The predicted octanol–water partition coefficient (Wildman–Crippen LogP) is 3.73. The molecule has 0 aromatic carbocycles. The molecule has 0 heterocycles. The monoisotopic (exact) mass is 348 g/mol. The summed E-state index contributed by atoms with van der Waals surface area (Å²) in [6.45, 7) is -2.99. The summed E-state index contributed by atoms with van der Waals surface area (Å²) < 4.78 is 6.53. The van der Waals surface area contributed by atoms with Crippen molar-refractivity contribution in [1.29, 1.82) is 0 Å². The Morgan fingerprint density at radius 1 is 1.11 bits per heavy atom. The summed E-state index contributed by atoms with van der Waals surface area (Å²) in [5.74, 6) is 0. The second-order valence-electron chi connectivity index (χ2n) is 5.63. The van der Waals surface area contributed by atoms with Crippen LogP contribution in [0.25, 0.3) is 0 Å². The minimum atomic E-state index is -2.99. The maximum absolute atomic E-state index is 7.32. The van der Waals surface area contributed by atoms with Crippen LogP contribution in [0.2, 0.25) is 0 Å². The molecule has 1 fully saturated rings. The molecule has 1 aliphatic rings. The average molecular weight is 349 g/mol. The van der Waals surface area contributed by atoms with Gasteiger partial charge in [-0.1, -0.05) is 0 Å². The zero-order chi connectivity index (χ0) is 14.7. The van der Waals surface area contributed by atoms with Crippen molar-refractivity contribution < 1.29 is 0 Å². The Hall–Kier alpha value is 1.28. The van der Waals surface area contributed by atoms with Crippen molar-refractivity contribution >= 4 is 37.0 Å². The van der Waals surface area contributed by atoms with E-state index in [0.29, 0.717) is 14.0 Å². The summed E-state index contributed by atoms with van der Waals surface area (Å²) in [5, 5.41) is 3.81. The molecule has 19 heavy (non-hydrogen) atoms. The number of halogens is 2. The molecule has 4 nitrogen and oxygen atoms in total. The quantitative estimate of drug-likeness (QED) is 0.707. The Bertz CT molecular complexity index is 290. The van der Waals surface area contributed by atoms with Crippen LogP contribution in [-0.4, -0.2) is 61.6 Å². The summed E-state index contributed by atoms with van der Waals surface area (Å²) in [5.41, 5.74) is 0. The molecule has 1 N–H and O–H groups in total. The van der Waals surface area contributed by atoms with Gasteiger partial charge in [0.2, 0.25) is 0 Å². The Morgan fingerprint density at radius 2 is 1.58 bits per heavy atom. The van der Waals surface area contributed by atoms with Crippen molar-refractivity contribution in [3.63, 3.8) is 0 Å². The summed E-state index contributed by atoms with van der Waals surface area (Å²) in [7, 11) is 10.6. The van der Waals surface area contributed by atoms with Gasteiger partial charge < -0.3 is 0 Å². The van der Waals surface area contributed by atoms with Crippen LogP contribution in [0, 0.1) is 0 Å². The Kier molecular flexibility index (Phi) is 6.78. The van der Waals surface area contributed by atoms with E-state index in [9.17, 15) is 0 Å². The van der Waals surface area contributed by atoms with E-state index < -0.39 is 6.56 Å². The molecule has 0 amide bonds. The van der Waals surface area contributed by atoms with Gasteiger partial charge in [0, 0.05) is 0 Å². The molecule has 1 unspecified atom stereocenters. The third-order valence-electron chi connectivity index (χ3n) is 4.07. The Balaban J connectivity index is 3.11. The van der Waals surface area contributed by atoms with E-state index in [-0.39, 0.29) is 0 Å². The number of hydrogen-bond acceptors (Lipinski definition) is 4. The van der Waals surface area contributed by atoms with Gasteiger partial charge in [0.25, 0.3) is 0 Å². The van der Waals surface area contributed by atoms with E-state index in [1.54, 1.807) is 0 Å². The second-order valence-corrected chi connectivity index (χ2v) is 13.2. The van der Waals surface area contributed by atoms with Crippen LogP contribution in [0.15, 0.2) is 0 Å². The van der Waals surface area contributed by atoms with Crippen LogP contribution in [0.1, 0.15) is 25.7 Å². The molecule has 0 aromatic rings. The van der Waals surface area contributed by atoms with E-state index in [2.05, 4.69) is 54.3 Å². The standard InChI is InChI=1S/C11H28Cl2N4P2/c1-15(2)19(13,16(3)4,17(5)10-18-12)14-11-8-6-7-9-11/h11,14,18H,6-10H2,1-5H3. The normalized spacial score (nSPS) is 21.1. The molecule has 0 radical (unpaired) electrons. The predicted molar refractivity (Wildman–Crippen MR) is 92.3 cm³/mol. The molecule has 1 aliphatic carbocycles. The van der Waals surface area contributed by atoms with Gasteiger partial charge in [0.1, 0.15) is 0 Å². The molecule has 0 aromatic heterocycles. The summed E-state index contributed by atoms with van der Waals surface area (Å²) in [4.78, 5) is 0.